The van der Waals surface area contributed by atoms with Gasteiger partial charge in [-0.25, -0.2) is 0 Å². The van der Waals surface area contributed by atoms with E-state index in [0.29, 0.717) is 13.1 Å². The zero-order valence-corrected chi connectivity index (χ0v) is 15.3. The Labute approximate surface area is 153 Å². The standard InChI is InChI=1S/C22H22N2O2/c1-14-9-15(2)21-19(10-14)20(11-16(3)23-21)22(25)24-12-18(13-24)26-17-7-5-4-6-8-17/h4-11,18H,12-13H2,1-3H3. The first-order valence-electron chi connectivity index (χ1n) is 8.91. The first-order chi connectivity index (χ1) is 12.5. The number of aryl methyl sites for hydroxylation is 3. The number of hydrogen-bond donors (Lipinski definition) is 0. The van der Waals surface area contributed by atoms with E-state index in [4.69, 9.17) is 4.74 Å². The van der Waals surface area contributed by atoms with Crippen LogP contribution in [0.15, 0.2) is 48.5 Å². The van der Waals surface area contributed by atoms with Gasteiger partial charge in [0, 0.05) is 11.1 Å². The van der Waals surface area contributed by atoms with E-state index in [1.807, 2.05) is 62.1 Å². The molecule has 2 aromatic carbocycles. The van der Waals surface area contributed by atoms with Gasteiger partial charge in [-0.3, -0.25) is 9.78 Å². The lowest BCUT2D eigenvalue weighted by atomic mass is 9.99. The van der Waals surface area contributed by atoms with Crippen molar-refractivity contribution in [3.63, 3.8) is 0 Å². The van der Waals surface area contributed by atoms with Gasteiger partial charge in [0.25, 0.3) is 5.91 Å². The van der Waals surface area contributed by atoms with E-state index in [1.54, 1.807) is 0 Å². The molecule has 1 saturated heterocycles. The minimum Gasteiger partial charge on any atom is -0.487 e. The fourth-order valence-electron chi connectivity index (χ4n) is 3.53. The summed E-state index contributed by atoms with van der Waals surface area (Å²) in [6.45, 7) is 7.26. The molecule has 26 heavy (non-hydrogen) atoms. The van der Waals surface area contributed by atoms with Crippen LogP contribution in [0.1, 0.15) is 27.2 Å². The van der Waals surface area contributed by atoms with Crippen LogP contribution in [0.5, 0.6) is 5.75 Å². The minimum atomic E-state index is 0.0541. The van der Waals surface area contributed by atoms with Gasteiger partial charge in [0.05, 0.1) is 24.2 Å². The molecule has 132 valence electrons. The number of carbonyl (C=O) groups excluding carboxylic acids is 1. The summed E-state index contributed by atoms with van der Waals surface area (Å²) in [5.41, 5.74) is 4.76. The van der Waals surface area contributed by atoms with E-state index in [9.17, 15) is 4.79 Å². The highest BCUT2D eigenvalue weighted by Crippen LogP contribution is 2.26. The van der Waals surface area contributed by atoms with E-state index in [1.165, 1.54) is 0 Å². The normalized spacial score (nSPS) is 14.3. The number of nitrogens with zero attached hydrogens (tertiary/aromatic N) is 2. The molecule has 0 saturated carbocycles. The number of fused-ring (bicyclic) bond motifs is 1. The molecular weight excluding hydrogens is 324 g/mol. The zero-order chi connectivity index (χ0) is 18.3. The summed E-state index contributed by atoms with van der Waals surface area (Å²) in [4.78, 5) is 19.5. The van der Waals surface area contributed by atoms with Crippen molar-refractivity contribution in [1.29, 1.82) is 0 Å². The fourth-order valence-corrected chi connectivity index (χ4v) is 3.53. The predicted molar refractivity (Wildman–Crippen MR) is 103 cm³/mol. The van der Waals surface area contributed by atoms with Crippen LogP contribution in [0, 0.1) is 20.8 Å². The molecule has 1 aliphatic heterocycles. The Morgan fingerprint density at radius 2 is 1.81 bits per heavy atom. The van der Waals surface area contributed by atoms with Crippen LogP contribution < -0.4 is 4.74 Å². The first kappa shape index (κ1) is 16.6. The highest BCUT2D eigenvalue weighted by atomic mass is 16.5. The molecule has 0 N–H and O–H groups in total. The van der Waals surface area contributed by atoms with Crippen molar-refractivity contribution in [2.75, 3.05) is 13.1 Å². The maximum absolute atomic E-state index is 13.1. The van der Waals surface area contributed by atoms with Crippen molar-refractivity contribution in [1.82, 2.24) is 9.88 Å². The molecule has 0 radical (unpaired) electrons. The predicted octanol–water partition coefficient (Wildman–Crippen LogP) is 4.06. The zero-order valence-electron chi connectivity index (χ0n) is 15.3. The minimum absolute atomic E-state index is 0.0541. The molecule has 2 heterocycles. The van der Waals surface area contributed by atoms with Crippen LogP contribution in [0.2, 0.25) is 0 Å². The number of ether oxygens (including phenoxy) is 1. The Kier molecular flexibility index (Phi) is 4.11. The summed E-state index contributed by atoms with van der Waals surface area (Å²) in [5.74, 6) is 0.902. The molecule has 1 aromatic heterocycles. The third-order valence-electron chi connectivity index (χ3n) is 4.79. The second kappa shape index (κ2) is 6.45. The molecule has 1 fully saturated rings. The Hall–Kier alpha value is -2.88. The van der Waals surface area contributed by atoms with E-state index in [2.05, 4.69) is 17.1 Å². The number of pyridine rings is 1. The van der Waals surface area contributed by atoms with Crippen LogP contribution >= 0.6 is 0 Å². The maximum atomic E-state index is 13.1. The quantitative estimate of drug-likeness (QED) is 0.718. The van der Waals surface area contributed by atoms with Crippen molar-refractivity contribution in [3.8, 4) is 5.75 Å². The Morgan fingerprint density at radius 3 is 2.54 bits per heavy atom. The molecular formula is C22H22N2O2. The highest BCUT2D eigenvalue weighted by Gasteiger charge is 2.33. The van der Waals surface area contributed by atoms with E-state index >= 15 is 0 Å². The lowest BCUT2D eigenvalue weighted by molar-refractivity contribution is 0.0179. The summed E-state index contributed by atoms with van der Waals surface area (Å²) < 4.78 is 5.91. The molecule has 0 spiro atoms. The summed E-state index contributed by atoms with van der Waals surface area (Å²) in [5, 5.41) is 0.936. The third-order valence-corrected chi connectivity index (χ3v) is 4.79. The maximum Gasteiger partial charge on any atom is 0.254 e. The highest BCUT2D eigenvalue weighted by molar-refractivity contribution is 6.07. The average Bonchev–Trinajstić information content (AvgIpc) is 2.58. The number of benzene rings is 2. The topological polar surface area (TPSA) is 42.4 Å². The second-order valence-electron chi connectivity index (χ2n) is 7.05. The number of hydrogen-bond acceptors (Lipinski definition) is 3. The molecule has 4 nitrogen and oxygen atoms in total. The molecule has 0 unspecified atom stereocenters. The molecule has 3 aromatic rings. The van der Waals surface area contributed by atoms with Gasteiger partial charge in [0.15, 0.2) is 0 Å². The molecule has 1 amide bonds. The third kappa shape index (κ3) is 3.03. The van der Waals surface area contributed by atoms with Gasteiger partial charge in [-0.1, -0.05) is 29.8 Å². The summed E-state index contributed by atoms with van der Waals surface area (Å²) >= 11 is 0. The van der Waals surface area contributed by atoms with Gasteiger partial charge in [-0.2, -0.15) is 0 Å². The lowest BCUT2D eigenvalue weighted by Crippen LogP contribution is -2.56. The average molecular weight is 346 g/mol. The van der Waals surface area contributed by atoms with E-state index in [-0.39, 0.29) is 12.0 Å². The monoisotopic (exact) mass is 346 g/mol. The molecule has 4 heteroatoms. The fraction of sp³-hybridized carbons (Fsp3) is 0.273. The van der Waals surface area contributed by atoms with E-state index in [0.717, 1.165) is 39.0 Å². The van der Waals surface area contributed by atoms with Crippen molar-refractivity contribution in [2.45, 2.75) is 26.9 Å². The van der Waals surface area contributed by atoms with Crippen molar-refractivity contribution in [3.05, 3.63) is 70.9 Å². The summed E-state index contributed by atoms with van der Waals surface area (Å²) in [6.07, 6.45) is 0.0546. The number of rotatable bonds is 3. The molecule has 0 atom stereocenters. The Balaban J connectivity index is 1.56. The van der Waals surface area contributed by atoms with E-state index < -0.39 is 0 Å². The van der Waals surface area contributed by atoms with Crippen LogP contribution in [0.3, 0.4) is 0 Å². The van der Waals surface area contributed by atoms with Crippen LogP contribution in [-0.2, 0) is 0 Å². The number of carbonyl (C=O) groups is 1. The summed E-state index contributed by atoms with van der Waals surface area (Å²) in [6, 6.07) is 15.8. The van der Waals surface area contributed by atoms with Gasteiger partial charge in [-0.15, -0.1) is 0 Å². The second-order valence-corrected chi connectivity index (χ2v) is 7.05. The van der Waals surface area contributed by atoms with Gasteiger partial charge < -0.3 is 9.64 Å². The Bertz CT molecular complexity index is 976. The van der Waals surface area contributed by atoms with Crippen LogP contribution in [0.25, 0.3) is 10.9 Å². The lowest BCUT2D eigenvalue weighted by Gasteiger charge is -2.39. The van der Waals surface area contributed by atoms with Gasteiger partial charge in [0.2, 0.25) is 0 Å². The van der Waals surface area contributed by atoms with Gasteiger partial charge in [-0.05, 0) is 50.6 Å². The first-order valence-corrected chi connectivity index (χ1v) is 8.91. The number of amides is 1. The molecule has 1 aliphatic rings. The smallest absolute Gasteiger partial charge is 0.254 e. The van der Waals surface area contributed by atoms with Crippen LogP contribution in [-0.4, -0.2) is 35.0 Å². The summed E-state index contributed by atoms with van der Waals surface area (Å²) in [7, 11) is 0. The number of para-hydroxylation sites is 1. The van der Waals surface area contributed by atoms with Crippen molar-refractivity contribution < 1.29 is 9.53 Å². The van der Waals surface area contributed by atoms with Crippen LogP contribution in [0.4, 0.5) is 0 Å². The molecule has 0 aliphatic carbocycles. The van der Waals surface area contributed by atoms with Gasteiger partial charge >= 0.3 is 0 Å². The van der Waals surface area contributed by atoms with Gasteiger partial charge in [0.1, 0.15) is 11.9 Å². The van der Waals surface area contributed by atoms with Crippen molar-refractivity contribution in [2.24, 2.45) is 0 Å². The molecule has 0 bridgehead atoms. The number of likely N-dealkylation sites (tertiary alicyclic amines) is 1. The van der Waals surface area contributed by atoms with Crippen molar-refractivity contribution >= 4 is 16.8 Å². The molecule has 4 rings (SSSR count). The largest absolute Gasteiger partial charge is 0.487 e. The Morgan fingerprint density at radius 1 is 1.08 bits per heavy atom. The SMILES string of the molecule is Cc1cc(C)c2nc(C)cc(C(=O)N3CC(Oc4ccccc4)C3)c2c1. The number of aromatic nitrogens is 1.